The van der Waals surface area contributed by atoms with E-state index in [4.69, 9.17) is 9.97 Å². The molecule has 1 N–H and O–H groups in total. The van der Waals surface area contributed by atoms with E-state index in [0.717, 1.165) is 55.6 Å². The molecule has 40 heavy (non-hydrogen) atoms. The minimum Gasteiger partial charge on any atom is -0.406 e. The van der Waals surface area contributed by atoms with Gasteiger partial charge in [0, 0.05) is 56.4 Å². The summed E-state index contributed by atoms with van der Waals surface area (Å²) >= 11 is 0. The summed E-state index contributed by atoms with van der Waals surface area (Å²) in [5.41, 5.74) is 2.65. The maximum absolute atomic E-state index is 12.4. The van der Waals surface area contributed by atoms with Crippen molar-refractivity contribution in [3.05, 3.63) is 59.8 Å². The number of hydrogen-bond donors (Lipinski definition) is 1. The second kappa shape index (κ2) is 11.0. The molecule has 210 valence electrons. The number of rotatable bonds is 6. The third-order valence-electron chi connectivity index (χ3n) is 7.12. The van der Waals surface area contributed by atoms with Gasteiger partial charge in [-0.2, -0.15) is 0 Å². The van der Waals surface area contributed by atoms with Crippen molar-refractivity contribution in [2.24, 2.45) is 0 Å². The van der Waals surface area contributed by atoms with E-state index in [9.17, 15) is 22.8 Å². The van der Waals surface area contributed by atoms with E-state index >= 15 is 0 Å². The van der Waals surface area contributed by atoms with Gasteiger partial charge in [-0.3, -0.25) is 4.79 Å². The van der Waals surface area contributed by atoms with Crippen molar-refractivity contribution in [1.29, 1.82) is 0 Å². The zero-order chi connectivity index (χ0) is 28.4. The summed E-state index contributed by atoms with van der Waals surface area (Å²) in [5.74, 6) is -0.0718. The summed E-state index contributed by atoms with van der Waals surface area (Å²) < 4.78 is 40.8. The maximum Gasteiger partial charge on any atom is 0.573 e. The molecule has 0 unspecified atom stereocenters. The van der Waals surface area contributed by atoms with Gasteiger partial charge in [-0.05, 0) is 61.7 Å². The predicted octanol–water partition coefficient (Wildman–Crippen LogP) is 4.82. The number of hydrogen-bond acceptors (Lipinski definition) is 6. The number of anilines is 2. The Morgan fingerprint density at radius 3 is 2.42 bits per heavy atom. The third kappa shape index (κ3) is 6.27. The van der Waals surface area contributed by atoms with Crippen LogP contribution in [0.2, 0.25) is 0 Å². The number of fused-ring (bicyclic) bond motifs is 1. The number of piperidine rings is 1. The molecule has 0 saturated carbocycles. The summed E-state index contributed by atoms with van der Waals surface area (Å²) in [6.45, 7) is 4.97. The largest absolute Gasteiger partial charge is 0.573 e. The van der Waals surface area contributed by atoms with Gasteiger partial charge in [0.15, 0.2) is 0 Å². The molecule has 0 bridgehead atoms. The van der Waals surface area contributed by atoms with Gasteiger partial charge in [0.25, 0.3) is 0 Å². The van der Waals surface area contributed by atoms with Crippen LogP contribution in [0.5, 0.6) is 5.75 Å². The van der Waals surface area contributed by atoms with Gasteiger partial charge < -0.3 is 24.8 Å². The Bertz CT molecular complexity index is 1440. The van der Waals surface area contributed by atoms with Gasteiger partial charge in [-0.1, -0.05) is 12.1 Å². The Morgan fingerprint density at radius 1 is 1.05 bits per heavy atom. The quantitative estimate of drug-likeness (QED) is 0.440. The fourth-order valence-corrected chi connectivity index (χ4v) is 5.01. The van der Waals surface area contributed by atoms with Crippen LogP contribution in [0.1, 0.15) is 24.1 Å². The van der Waals surface area contributed by atoms with E-state index in [2.05, 4.69) is 15.0 Å². The van der Waals surface area contributed by atoms with Crippen molar-refractivity contribution in [2.45, 2.75) is 32.2 Å². The predicted molar refractivity (Wildman–Crippen MR) is 145 cm³/mol. The molecule has 0 spiro atoms. The average Bonchev–Trinajstić information content (AvgIpc) is 3.25. The van der Waals surface area contributed by atoms with Crippen molar-refractivity contribution in [2.75, 3.05) is 43.4 Å². The van der Waals surface area contributed by atoms with Crippen LogP contribution in [0.4, 0.5) is 29.6 Å². The minimum atomic E-state index is -4.76. The fraction of sp³-hybridized carbons (Fsp3) is 0.357. The summed E-state index contributed by atoms with van der Waals surface area (Å²) in [6, 6.07) is 10.9. The van der Waals surface area contributed by atoms with Crippen LogP contribution in [0.25, 0.3) is 17.0 Å². The van der Waals surface area contributed by atoms with Crippen LogP contribution >= 0.6 is 0 Å². The molecule has 2 aliphatic rings. The Balaban J connectivity index is 1.20. The second-order valence-electron chi connectivity index (χ2n) is 9.90. The van der Waals surface area contributed by atoms with Crippen molar-refractivity contribution >= 4 is 40.6 Å². The lowest BCUT2D eigenvalue weighted by molar-refractivity contribution is -0.274. The SMILES string of the molecule is Cc1nc(N2CCC(N3CCN(C)C3=O)CC2)nc2ccc(NC(=O)/C=C/c3ccc(OC(F)(F)F)cc3)cc12. The Kier molecular flexibility index (Phi) is 7.51. The number of urea groups is 1. The summed E-state index contributed by atoms with van der Waals surface area (Å²) in [5, 5.41) is 3.60. The first-order chi connectivity index (χ1) is 19.1. The standard InChI is InChI=1S/C28H29F3N6O3/c1-18-23-17-20(33-25(38)10-5-19-3-7-22(8-4-19)40-28(29,30)31)6-9-24(23)34-26(32-18)36-13-11-21(12-14-36)37-16-15-35(2)27(37)39/h3-10,17,21H,11-16H2,1-2H3,(H,33,38)/b10-5+. The molecule has 3 aromatic rings. The number of halogens is 3. The highest BCUT2D eigenvalue weighted by atomic mass is 19.4. The number of carbonyl (C=O) groups is 2. The Morgan fingerprint density at radius 2 is 1.77 bits per heavy atom. The molecule has 2 aromatic carbocycles. The highest BCUT2D eigenvalue weighted by Gasteiger charge is 2.34. The first-order valence-electron chi connectivity index (χ1n) is 13.0. The van der Waals surface area contributed by atoms with E-state index in [1.807, 2.05) is 31.0 Å². The lowest BCUT2D eigenvalue weighted by Crippen LogP contribution is -2.46. The zero-order valence-corrected chi connectivity index (χ0v) is 22.1. The molecule has 9 nitrogen and oxygen atoms in total. The van der Waals surface area contributed by atoms with E-state index in [0.29, 0.717) is 17.2 Å². The highest BCUT2D eigenvalue weighted by molar-refractivity contribution is 6.03. The normalized spacial score (nSPS) is 16.8. The third-order valence-corrected chi connectivity index (χ3v) is 7.12. The smallest absolute Gasteiger partial charge is 0.406 e. The van der Waals surface area contributed by atoms with Crippen LogP contribution in [-0.2, 0) is 4.79 Å². The molecular formula is C28H29F3N6O3. The Hall–Kier alpha value is -4.35. The first-order valence-corrected chi connectivity index (χ1v) is 13.0. The number of ether oxygens (including phenoxy) is 1. The number of aromatic nitrogens is 2. The van der Waals surface area contributed by atoms with E-state index < -0.39 is 12.3 Å². The molecule has 12 heteroatoms. The zero-order valence-electron chi connectivity index (χ0n) is 22.1. The molecule has 3 amide bonds. The summed E-state index contributed by atoms with van der Waals surface area (Å²) in [6.07, 6.45) is -0.232. The summed E-state index contributed by atoms with van der Waals surface area (Å²) in [7, 11) is 1.83. The Labute approximate surface area is 229 Å². The maximum atomic E-state index is 12.4. The van der Waals surface area contributed by atoms with Crippen molar-refractivity contribution in [1.82, 2.24) is 19.8 Å². The van der Waals surface area contributed by atoms with Crippen molar-refractivity contribution < 1.29 is 27.5 Å². The molecule has 2 saturated heterocycles. The number of nitrogens with zero attached hydrogens (tertiary/aromatic N) is 5. The molecule has 0 aliphatic carbocycles. The molecule has 0 atom stereocenters. The first kappa shape index (κ1) is 27.2. The van der Waals surface area contributed by atoms with E-state index in [1.54, 1.807) is 11.0 Å². The van der Waals surface area contributed by atoms with E-state index in [1.165, 1.54) is 36.4 Å². The molecule has 3 heterocycles. The molecular weight excluding hydrogens is 525 g/mol. The number of likely N-dealkylation sites (N-methyl/N-ethyl adjacent to an activating group) is 1. The van der Waals surface area contributed by atoms with Crippen molar-refractivity contribution in [3.63, 3.8) is 0 Å². The van der Waals surface area contributed by atoms with Gasteiger partial charge in [-0.15, -0.1) is 13.2 Å². The highest BCUT2D eigenvalue weighted by Crippen LogP contribution is 2.27. The van der Waals surface area contributed by atoms with Crippen LogP contribution in [-0.4, -0.2) is 77.3 Å². The monoisotopic (exact) mass is 554 g/mol. The number of carbonyl (C=O) groups excluding carboxylic acids is 2. The molecule has 0 radical (unpaired) electrons. The van der Waals surface area contributed by atoms with Crippen LogP contribution < -0.4 is 15.0 Å². The van der Waals surface area contributed by atoms with Gasteiger partial charge in [0.1, 0.15) is 5.75 Å². The van der Waals surface area contributed by atoms with Gasteiger partial charge >= 0.3 is 12.4 Å². The topological polar surface area (TPSA) is 90.9 Å². The molecule has 1 aromatic heterocycles. The summed E-state index contributed by atoms with van der Waals surface area (Å²) in [4.78, 5) is 40.1. The van der Waals surface area contributed by atoms with Crippen LogP contribution in [0.3, 0.4) is 0 Å². The average molecular weight is 555 g/mol. The number of benzene rings is 2. The van der Waals surface area contributed by atoms with Gasteiger partial charge in [0.2, 0.25) is 11.9 Å². The van der Waals surface area contributed by atoms with Crippen LogP contribution in [0, 0.1) is 6.92 Å². The molecule has 2 aliphatic heterocycles. The van der Waals surface area contributed by atoms with Gasteiger partial charge in [0.05, 0.1) is 11.2 Å². The number of amides is 3. The van der Waals surface area contributed by atoms with E-state index in [-0.39, 0.29) is 17.8 Å². The lowest BCUT2D eigenvalue weighted by Gasteiger charge is -2.36. The number of alkyl halides is 3. The fourth-order valence-electron chi connectivity index (χ4n) is 5.01. The van der Waals surface area contributed by atoms with Crippen molar-refractivity contribution in [3.8, 4) is 5.75 Å². The minimum absolute atomic E-state index is 0.100. The molecule has 5 rings (SSSR count). The van der Waals surface area contributed by atoms with Gasteiger partial charge in [-0.25, -0.2) is 14.8 Å². The lowest BCUT2D eigenvalue weighted by atomic mass is 10.0. The van der Waals surface area contributed by atoms with Crippen LogP contribution in [0.15, 0.2) is 48.5 Å². The number of nitrogens with one attached hydrogen (secondary N) is 1. The number of aryl methyl sites for hydroxylation is 1. The second-order valence-corrected chi connectivity index (χ2v) is 9.90. The molecule has 2 fully saturated rings.